The van der Waals surface area contributed by atoms with E-state index in [0.29, 0.717) is 5.13 Å². The molecule has 0 aliphatic carbocycles. The van der Waals surface area contributed by atoms with Crippen LogP contribution in [0.5, 0.6) is 0 Å². The molecule has 1 heterocycles. The Morgan fingerprint density at radius 1 is 1.41 bits per heavy atom. The Morgan fingerprint density at radius 3 is 2.76 bits per heavy atom. The lowest BCUT2D eigenvalue weighted by atomic mass is 10.1. The molecule has 0 unspecified atom stereocenters. The van der Waals surface area contributed by atoms with Gasteiger partial charge in [-0.05, 0) is 25.5 Å². The standard InChI is InChI=1S/C12H12N2O2S/c1-7-3-4-9(8(2)5-7)14-12-13-6-10(17-12)11(15)16/h3-6H,1-2H3,(H,13,14)(H,15,16). The topological polar surface area (TPSA) is 62.2 Å². The van der Waals surface area contributed by atoms with Crippen LogP contribution in [0.3, 0.4) is 0 Å². The van der Waals surface area contributed by atoms with E-state index in [0.717, 1.165) is 22.6 Å². The molecule has 0 fully saturated rings. The summed E-state index contributed by atoms with van der Waals surface area (Å²) in [5.74, 6) is -0.948. The highest BCUT2D eigenvalue weighted by Gasteiger charge is 2.09. The lowest BCUT2D eigenvalue weighted by Gasteiger charge is -2.06. The number of hydrogen-bond acceptors (Lipinski definition) is 4. The number of aryl methyl sites for hydroxylation is 2. The molecule has 0 bridgehead atoms. The van der Waals surface area contributed by atoms with Crippen LogP contribution in [-0.4, -0.2) is 16.1 Å². The third kappa shape index (κ3) is 2.62. The number of benzene rings is 1. The maximum atomic E-state index is 10.7. The molecule has 0 amide bonds. The number of nitrogens with zero attached hydrogens (tertiary/aromatic N) is 1. The van der Waals surface area contributed by atoms with Gasteiger partial charge in [0.2, 0.25) is 0 Å². The van der Waals surface area contributed by atoms with Gasteiger partial charge >= 0.3 is 5.97 Å². The van der Waals surface area contributed by atoms with E-state index in [1.54, 1.807) is 0 Å². The molecule has 2 N–H and O–H groups in total. The van der Waals surface area contributed by atoms with E-state index in [1.165, 1.54) is 11.8 Å². The van der Waals surface area contributed by atoms with Crippen molar-refractivity contribution in [1.29, 1.82) is 0 Å². The fraction of sp³-hybridized carbons (Fsp3) is 0.167. The highest BCUT2D eigenvalue weighted by molar-refractivity contribution is 7.17. The molecule has 0 aliphatic heterocycles. The number of carbonyl (C=O) groups is 1. The van der Waals surface area contributed by atoms with Crippen molar-refractivity contribution in [3.63, 3.8) is 0 Å². The first-order valence-corrected chi connectivity index (χ1v) is 5.91. The Labute approximate surface area is 103 Å². The molecule has 0 atom stereocenters. The fourth-order valence-electron chi connectivity index (χ4n) is 1.50. The Morgan fingerprint density at radius 2 is 2.18 bits per heavy atom. The third-order valence-electron chi connectivity index (χ3n) is 2.34. The predicted molar refractivity (Wildman–Crippen MR) is 68.3 cm³/mol. The van der Waals surface area contributed by atoms with E-state index in [2.05, 4.69) is 16.4 Å². The minimum absolute atomic E-state index is 0.234. The molecule has 5 heteroatoms. The smallest absolute Gasteiger partial charge is 0.347 e. The first-order chi connectivity index (χ1) is 8.06. The lowest BCUT2D eigenvalue weighted by Crippen LogP contribution is -1.92. The molecule has 0 saturated heterocycles. The van der Waals surface area contributed by atoms with Gasteiger partial charge in [0.05, 0.1) is 6.20 Å². The normalized spacial score (nSPS) is 10.2. The number of thiazole rings is 1. The zero-order chi connectivity index (χ0) is 12.4. The van der Waals surface area contributed by atoms with Crippen LogP contribution in [0.1, 0.15) is 20.8 Å². The van der Waals surface area contributed by atoms with Crippen molar-refractivity contribution in [2.45, 2.75) is 13.8 Å². The molecule has 88 valence electrons. The number of nitrogens with one attached hydrogen (secondary N) is 1. The van der Waals surface area contributed by atoms with Crippen LogP contribution in [0.4, 0.5) is 10.8 Å². The van der Waals surface area contributed by atoms with Gasteiger partial charge in [-0.25, -0.2) is 9.78 Å². The van der Waals surface area contributed by atoms with Crippen molar-refractivity contribution in [3.05, 3.63) is 40.4 Å². The van der Waals surface area contributed by atoms with Crippen LogP contribution in [-0.2, 0) is 0 Å². The number of aromatic carboxylic acids is 1. The molecule has 1 aromatic heterocycles. The molecular weight excluding hydrogens is 236 g/mol. The minimum Gasteiger partial charge on any atom is -0.477 e. The molecule has 0 saturated carbocycles. The zero-order valence-electron chi connectivity index (χ0n) is 9.52. The molecule has 2 rings (SSSR count). The van der Waals surface area contributed by atoms with Crippen molar-refractivity contribution in [2.24, 2.45) is 0 Å². The van der Waals surface area contributed by atoms with E-state index in [9.17, 15) is 4.79 Å². The Balaban J connectivity index is 2.22. The molecule has 17 heavy (non-hydrogen) atoms. The Hall–Kier alpha value is -1.88. The summed E-state index contributed by atoms with van der Waals surface area (Å²) in [5.41, 5.74) is 3.25. The second kappa shape index (κ2) is 4.55. The van der Waals surface area contributed by atoms with Crippen LogP contribution in [0.15, 0.2) is 24.4 Å². The molecule has 0 spiro atoms. The van der Waals surface area contributed by atoms with Crippen LogP contribution in [0.25, 0.3) is 0 Å². The largest absolute Gasteiger partial charge is 0.477 e. The molecule has 0 aliphatic rings. The van der Waals surface area contributed by atoms with Gasteiger partial charge in [0.25, 0.3) is 0 Å². The van der Waals surface area contributed by atoms with Crippen molar-refractivity contribution in [1.82, 2.24) is 4.98 Å². The molecule has 0 radical (unpaired) electrons. The number of carboxylic acid groups (broad SMARTS) is 1. The summed E-state index contributed by atoms with van der Waals surface area (Å²) in [4.78, 5) is 15.0. The van der Waals surface area contributed by atoms with Crippen molar-refractivity contribution >= 4 is 28.1 Å². The predicted octanol–water partition coefficient (Wildman–Crippen LogP) is 3.20. The quantitative estimate of drug-likeness (QED) is 0.875. The summed E-state index contributed by atoms with van der Waals surface area (Å²) in [6, 6.07) is 6.03. The van der Waals surface area contributed by atoms with Crippen LogP contribution < -0.4 is 5.32 Å². The SMILES string of the molecule is Cc1ccc(Nc2ncc(C(=O)O)s2)c(C)c1. The Bertz CT molecular complexity index is 563. The fourth-order valence-corrected chi connectivity index (χ4v) is 2.17. The van der Waals surface area contributed by atoms with Crippen LogP contribution >= 0.6 is 11.3 Å². The molecule has 1 aromatic carbocycles. The highest BCUT2D eigenvalue weighted by Crippen LogP contribution is 2.25. The average molecular weight is 248 g/mol. The molecule has 4 nitrogen and oxygen atoms in total. The summed E-state index contributed by atoms with van der Waals surface area (Å²) in [5, 5.41) is 12.5. The summed E-state index contributed by atoms with van der Waals surface area (Å²) in [6.45, 7) is 4.03. The summed E-state index contributed by atoms with van der Waals surface area (Å²) in [7, 11) is 0. The number of carboxylic acids is 1. The summed E-state index contributed by atoms with van der Waals surface area (Å²) < 4.78 is 0. The molecule has 2 aromatic rings. The van der Waals surface area contributed by atoms with Crippen molar-refractivity contribution in [2.75, 3.05) is 5.32 Å². The van der Waals surface area contributed by atoms with Gasteiger partial charge in [0.1, 0.15) is 4.88 Å². The van der Waals surface area contributed by atoms with E-state index < -0.39 is 5.97 Å². The van der Waals surface area contributed by atoms with Gasteiger partial charge in [-0.15, -0.1) is 0 Å². The van der Waals surface area contributed by atoms with Gasteiger partial charge < -0.3 is 10.4 Å². The van der Waals surface area contributed by atoms with Crippen LogP contribution in [0, 0.1) is 13.8 Å². The number of anilines is 2. The van der Waals surface area contributed by atoms with Crippen molar-refractivity contribution < 1.29 is 9.90 Å². The first kappa shape index (κ1) is 11.6. The van der Waals surface area contributed by atoms with Gasteiger partial charge in [0.15, 0.2) is 5.13 Å². The average Bonchev–Trinajstić information content (AvgIpc) is 2.71. The third-order valence-corrected chi connectivity index (χ3v) is 3.24. The van der Waals surface area contributed by atoms with Crippen molar-refractivity contribution in [3.8, 4) is 0 Å². The lowest BCUT2D eigenvalue weighted by molar-refractivity contribution is 0.0702. The van der Waals surface area contributed by atoms with E-state index in [-0.39, 0.29) is 4.88 Å². The van der Waals surface area contributed by atoms with Crippen LogP contribution in [0.2, 0.25) is 0 Å². The van der Waals surface area contributed by atoms with E-state index in [4.69, 9.17) is 5.11 Å². The number of aromatic nitrogens is 1. The number of hydrogen-bond donors (Lipinski definition) is 2. The first-order valence-electron chi connectivity index (χ1n) is 5.09. The minimum atomic E-state index is -0.948. The summed E-state index contributed by atoms with van der Waals surface area (Å²) in [6.07, 6.45) is 1.36. The van der Waals surface area contributed by atoms with E-state index >= 15 is 0 Å². The Kier molecular flexibility index (Phi) is 3.10. The van der Waals surface area contributed by atoms with Gasteiger partial charge in [-0.1, -0.05) is 29.0 Å². The second-order valence-corrected chi connectivity index (χ2v) is 4.81. The maximum Gasteiger partial charge on any atom is 0.347 e. The summed E-state index contributed by atoms with van der Waals surface area (Å²) >= 11 is 1.13. The zero-order valence-corrected chi connectivity index (χ0v) is 10.3. The monoisotopic (exact) mass is 248 g/mol. The second-order valence-electron chi connectivity index (χ2n) is 3.78. The highest BCUT2D eigenvalue weighted by atomic mass is 32.1. The molecular formula is C12H12N2O2S. The van der Waals surface area contributed by atoms with Gasteiger partial charge in [-0.3, -0.25) is 0 Å². The van der Waals surface area contributed by atoms with E-state index in [1.807, 2.05) is 26.0 Å². The van der Waals surface area contributed by atoms with Gasteiger partial charge in [0, 0.05) is 5.69 Å². The number of rotatable bonds is 3. The van der Waals surface area contributed by atoms with Gasteiger partial charge in [-0.2, -0.15) is 0 Å². The maximum absolute atomic E-state index is 10.7.